The third kappa shape index (κ3) is 3.26. The number of methoxy groups -OCH3 is 1. The molecule has 0 heterocycles. The van der Waals surface area contributed by atoms with Gasteiger partial charge >= 0.3 is 0 Å². The Balaban J connectivity index is 2.16. The van der Waals surface area contributed by atoms with Crippen molar-refractivity contribution in [3.05, 3.63) is 53.1 Å². The highest BCUT2D eigenvalue weighted by molar-refractivity contribution is 6.32. The van der Waals surface area contributed by atoms with Crippen molar-refractivity contribution >= 4 is 28.8 Å². The third-order valence-corrected chi connectivity index (χ3v) is 3.03. The molecule has 4 heteroatoms. The SMILES string of the molecule is COc1ccc(Nc2ccc(C(C)=O)cc2)cc1Cl. The van der Waals surface area contributed by atoms with Gasteiger partial charge in [0.15, 0.2) is 5.78 Å². The molecule has 0 unspecified atom stereocenters. The summed E-state index contributed by atoms with van der Waals surface area (Å²) >= 11 is 6.05. The van der Waals surface area contributed by atoms with E-state index in [0.29, 0.717) is 16.3 Å². The van der Waals surface area contributed by atoms with Crippen LogP contribution >= 0.6 is 11.6 Å². The van der Waals surface area contributed by atoms with E-state index < -0.39 is 0 Å². The molecule has 0 aliphatic rings. The first-order valence-electron chi connectivity index (χ1n) is 5.81. The second-order valence-corrected chi connectivity index (χ2v) is 4.52. The first-order valence-corrected chi connectivity index (χ1v) is 6.19. The molecule has 19 heavy (non-hydrogen) atoms. The first kappa shape index (κ1) is 13.4. The Morgan fingerprint density at radius 3 is 2.26 bits per heavy atom. The van der Waals surface area contributed by atoms with Crippen molar-refractivity contribution in [1.29, 1.82) is 0 Å². The summed E-state index contributed by atoms with van der Waals surface area (Å²) in [5.74, 6) is 0.693. The zero-order valence-electron chi connectivity index (χ0n) is 10.7. The molecule has 98 valence electrons. The highest BCUT2D eigenvalue weighted by Gasteiger charge is 2.03. The van der Waals surface area contributed by atoms with E-state index in [0.717, 1.165) is 11.4 Å². The van der Waals surface area contributed by atoms with Crippen molar-refractivity contribution in [3.63, 3.8) is 0 Å². The summed E-state index contributed by atoms with van der Waals surface area (Å²) in [4.78, 5) is 11.2. The predicted octanol–water partition coefficient (Wildman–Crippen LogP) is 4.29. The van der Waals surface area contributed by atoms with Gasteiger partial charge in [0, 0.05) is 16.9 Å². The number of nitrogens with one attached hydrogen (secondary N) is 1. The molecule has 0 saturated heterocycles. The Hall–Kier alpha value is -2.00. The van der Waals surface area contributed by atoms with Gasteiger partial charge in [-0.1, -0.05) is 11.6 Å². The summed E-state index contributed by atoms with van der Waals surface area (Å²) in [6, 6.07) is 12.8. The summed E-state index contributed by atoms with van der Waals surface area (Å²) in [6.45, 7) is 1.55. The van der Waals surface area contributed by atoms with Crippen LogP contribution in [0.1, 0.15) is 17.3 Å². The van der Waals surface area contributed by atoms with E-state index in [1.54, 1.807) is 38.3 Å². The van der Waals surface area contributed by atoms with Crippen LogP contribution in [0.25, 0.3) is 0 Å². The number of rotatable bonds is 4. The van der Waals surface area contributed by atoms with Gasteiger partial charge in [-0.05, 0) is 49.4 Å². The number of ether oxygens (including phenoxy) is 1. The average Bonchev–Trinajstić information content (AvgIpc) is 2.39. The van der Waals surface area contributed by atoms with Gasteiger partial charge in [0.05, 0.1) is 12.1 Å². The van der Waals surface area contributed by atoms with Crippen LogP contribution in [0.5, 0.6) is 5.75 Å². The lowest BCUT2D eigenvalue weighted by molar-refractivity contribution is 0.101. The fourth-order valence-electron chi connectivity index (χ4n) is 1.70. The molecule has 2 aromatic rings. The van der Waals surface area contributed by atoms with Gasteiger partial charge in [-0.25, -0.2) is 0 Å². The number of hydrogen-bond acceptors (Lipinski definition) is 3. The van der Waals surface area contributed by atoms with Crippen LogP contribution in [0.15, 0.2) is 42.5 Å². The Morgan fingerprint density at radius 2 is 1.74 bits per heavy atom. The number of benzene rings is 2. The summed E-state index contributed by atoms with van der Waals surface area (Å²) in [6.07, 6.45) is 0. The standard InChI is InChI=1S/C15H14ClNO2/c1-10(18)11-3-5-12(6-4-11)17-13-7-8-15(19-2)14(16)9-13/h3-9,17H,1-2H3. The molecule has 0 radical (unpaired) electrons. The lowest BCUT2D eigenvalue weighted by atomic mass is 10.1. The molecule has 0 amide bonds. The van der Waals surface area contributed by atoms with Gasteiger partial charge in [0.25, 0.3) is 0 Å². The van der Waals surface area contributed by atoms with Crippen LogP contribution in [-0.4, -0.2) is 12.9 Å². The van der Waals surface area contributed by atoms with E-state index in [2.05, 4.69) is 5.32 Å². The second-order valence-electron chi connectivity index (χ2n) is 4.11. The van der Waals surface area contributed by atoms with Crippen molar-refractivity contribution in [2.45, 2.75) is 6.92 Å². The average molecular weight is 276 g/mol. The van der Waals surface area contributed by atoms with Gasteiger partial charge in [0.1, 0.15) is 5.75 Å². The molecular weight excluding hydrogens is 262 g/mol. The molecule has 0 saturated carbocycles. The maximum Gasteiger partial charge on any atom is 0.159 e. The number of Topliss-reactive ketones (excluding diaryl/α,β-unsaturated/α-hetero) is 1. The Kier molecular flexibility index (Phi) is 4.07. The van der Waals surface area contributed by atoms with Crippen molar-refractivity contribution in [1.82, 2.24) is 0 Å². The molecule has 0 atom stereocenters. The quantitative estimate of drug-likeness (QED) is 0.846. The number of carbonyl (C=O) groups is 1. The first-order chi connectivity index (χ1) is 9.10. The molecule has 3 nitrogen and oxygen atoms in total. The molecule has 0 aliphatic heterocycles. The highest BCUT2D eigenvalue weighted by Crippen LogP contribution is 2.28. The molecule has 0 aliphatic carbocycles. The maximum atomic E-state index is 11.2. The fourth-order valence-corrected chi connectivity index (χ4v) is 1.96. The maximum absolute atomic E-state index is 11.2. The van der Waals surface area contributed by atoms with Crippen LogP contribution in [0.4, 0.5) is 11.4 Å². The predicted molar refractivity (Wildman–Crippen MR) is 77.7 cm³/mol. The zero-order chi connectivity index (χ0) is 13.8. The van der Waals surface area contributed by atoms with Crippen LogP contribution in [0, 0.1) is 0 Å². The monoisotopic (exact) mass is 275 g/mol. The molecule has 1 N–H and O–H groups in total. The van der Waals surface area contributed by atoms with Crippen molar-refractivity contribution in [2.75, 3.05) is 12.4 Å². The number of ketones is 1. The minimum absolute atomic E-state index is 0.0547. The van der Waals surface area contributed by atoms with Crippen LogP contribution in [-0.2, 0) is 0 Å². The van der Waals surface area contributed by atoms with Crippen LogP contribution in [0.2, 0.25) is 5.02 Å². The fraction of sp³-hybridized carbons (Fsp3) is 0.133. The van der Waals surface area contributed by atoms with E-state index in [9.17, 15) is 4.79 Å². The van der Waals surface area contributed by atoms with Gasteiger partial charge in [-0.15, -0.1) is 0 Å². The second kappa shape index (κ2) is 5.76. The molecule has 0 aromatic heterocycles. The lowest BCUT2D eigenvalue weighted by Crippen LogP contribution is -1.94. The zero-order valence-corrected chi connectivity index (χ0v) is 11.5. The topological polar surface area (TPSA) is 38.3 Å². The van der Waals surface area contributed by atoms with Crippen LogP contribution < -0.4 is 10.1 Å². The highest BCUT2D eigenvalue weighted by atomic mass is 35.5. The molecule has 0 fully saturated rings. The summed E-state index contributed by atoms with van der Waals surface area (Å²) in [5.41, 5.74) is 2.45. The largest absolute Gasteiger partial charge is 0.495 e. The van der Waals surface area contributed by atoms with Gasteiger partial charge in [0.2, 0.25) is 0 Å². The van der Waals surface area contributed by atoms with Crippen molar-refractivity contribution in [2.24, 2.45) is 0 Å². The summed E-state index contributed by atoms with van der Waals surface area (Å²) in [7, 11) is 1.58. The molecule has 2 aromatic carbocycles. The minimum Gasteiger partial charge on any atom is -0.495 e. The van der Waals surface area contributed by atoms with Gasteiger partial charge in [-0.2, -0.15) is 0 Å². The minimum atomic E-state index is 0.0547. The van der Waals surface area contributed by atoms with E-state index in [1.807, 2.05) is 18.2 Å². The van der Waals surface area contributed by atoms with Gasteiger partial charge in [-0.3, -0.25) is 4.79 Å². The van der Waals surface area contributed by atoms with Gasteiger partial charge < -0.3 is 10.1 Å². The molecule has 2 rings (SSSR count). The lowest BCUT2D eigenvalue weighted by Gasteiger charge is -2.09. The number of anilines is 2. The van der Waals surface area contributed by atoms with E-state index in [-0.39, 0.29) is 5.78 Å². The summed E-state index contributed by atoms with van der Waals surface area (Å²) in [5, 5.41) is 3.76. The molecular formula is C15H14ClNO2. The van der Waals surface area contributed by atoms with Crippen molar-refractivity contribution in [3.8, 4) is 5.75 Å². The van der Waals surface area contributed by atoms with E-state index in [1.165, 1.54) is 0 Å². The molecule has 0 spiro atoms. The van der Waals surface area contributed by atoms with E-state index in [4.69, 9.17) is 16.3 Å². The Morgan fingerprint density at radius 1 is 1.11 bits per heavy atom. The van der Waals surface area contributed by atoms with Crippen LogP contribution in [0.3, 0.4) is 0 Å². The Labute approximate surface area is 117 Å². The normalized spacial score (nSPS) is 10.1. The third-order valence-electron chi connectivity index (χ3n) is 2.73. The van der Waals surface area contributed by atoms with Crippen molar-refractivity contribution < 1.29 is 9.53 Å². The summed E-state index contributed by atoms with van der Waals surface area (Å²) < 4.78 is 5.10. The smallest absolute Gasteiger partial charge is 0.159 e. The molecule has 0 bridgehead atoms. The Bertz CT molecular complexity index is 594. The number of halogens is 1. The van der Waals surface area contributed by atoms with E-state index >= 15 is 0 Å². The number of carbonyl (C=O) groups excluding carboxylic acids is 1. The number of hydrogen-bond donors (Lipinski definition) is 1.